The minimum atomic E-state index is -0.202. The van der Waals surface area contributed by atoms with E-state index in [1.54, 1.807) is 31.0 Å². The van der Waals surface area contributed by atoms with Crippen molar-refractivity contribution < 1.29 is 19.1 Å². The van der Waals surface area contributed by atoms with Gasteiger partial charge in [0.15, 0.2) is 16.6 Å². The van der Waals surface area contributed by atoms with Crippen LogP contribution < -0.4 is 20.1 Å². The molecule has 0 saturated heterocycles. The van der Waals surface area contributed by atoms with Gasteiger partial charge in [-0.25, -0.2) is 4.98 Å². The van der Waals surface area contributed by atoms with Crippen LogP contribution in [0.1, 0.15) is 21.6 Å². The highest BCUT2D eigenvalue weighted by atomic mass is 32.1. The Kier molecular flexibility index (Phi) is 7.20. The lowest BCUT2D eigenvalue weighted by Crippen LogP contribution is -2.27. The van der Waals surface area contributed by atoms with Gasteiger partial charge in [-0.3, -0.25) is 14.9 Å². The van der Waals surface area contributed by atoms with Gasteiger partial charge in [0, 0.05) is 17.3 Å². The largest absolute Gasteiger partial charge is 0.493 e. The van der Waals surface area contributed by atoms with Crippen molar-refractivity contribution in [3.05, 3.63) is 57.2 Å². The number of methoxy groups -OCH3 is 2. The average molecular weight is 432 g/mol. The topological polar surface area (TPSA) is 89.6 Å². The molecule has 2 amide bonds. The predicted octanol–water partition coefficient (Wildman–Crippen LogP) is 3.38. The molecule has 0 atom stereocenters. The second-order valence-corrected chi connectivity index (χ2v) is 7.71. The number of hydrogen-bond donors (Lipinski definition) is 2. The van der Waals surface area contributed by atoms with Gasteiger partial charge in [0.25, 0.3) is 5.91 Å². The molecule has 2 N–H and O–H groups in total. The number of aromatic nitrogens is 1. The Morgan fingerprint density at radius 1 is 1.10 bits per heavy atom. The Bertz CT molecular complexity index is 970. The van der Waals surface area contributed by atoms with Crippen molar-refractivity contribution in [2.45, 2.75) is 12.8 Å². The monoisotopic (exact) mass is 431 g/mol. The van der Waals surface area contributed by atoms with E-state index in [9.17, 15) is 9.59 Å². The summed E-state index contributed by atoms with van der Waals surface area (Å²) in [5.41, 5.74) is 2.26. The molecular weight excluding hydrogens is 410 g/mol. The molecule has 7 nitrogen and oxygen atoms in total. The van der Waals surface area contributed by atoms with E-state index in [2.05, 4.69) is 15.6 Å². The summed E-state index contributed by atoms with van der Waals surface area (Å²) < 4.78 is 10.5. The molecule has 0 saturated carbocycles. The van der Waals surface area contributed by atoms with E-state index >= 15 is 0 Å². The summed E-state index contributed by atoms with van der Waals surface area (Å²) in [4.78, 5) is 28.5. The van der Waals surface area contributed by atoms with E-state index < -0.39 is 0 Å². The molecule has 0 radical (unpaired) electrons. The highest BCUT2D eigenvalue weighted by Crippen LogP contribution is 2.27. The number of carbonyl (C=O) groups is 2. The van der Waals surface area contributed by atoms with Crippen LogP contribution in [0, 0.1) is 0 Å². The molecule has 2 aromatic heterocycles. The fourth-order valence-corrected chi connectivity index (χ4v) is 3.96. The molecular formula is C20H21N3O4S2. The minimum absolute atomic E-state index is 0.119. The Morgan fingerprint density at radius 3 is 2.66 bits per heavy atom. The molecule has 3 aromatic rings. The third-order valence-electron chi connectivity index (χ3n) is 4.08. The lowest BCUT2D eigenvalue weighted by atomic mass is 10.1. The zero-order chi connectivity index (χ0) is 20.6. The van der Waals surface area contributed by atoms with Crippen molar-refractivity contribution in [3.63, 3.8) is 0 Å². The number of amides is 2. The van der Waals surface area contributed by atoms with Gasteiger partial charge in [-0.1, -0.05) is 6.07 Å². The number of nitrogens with one attached hydrogen (secondary N) is 2. The molecule has 0 aliphatic rings. The highest BCUT2D eigenvalue weighted by Gasteiger charge is 2.12. The number of hydrogen-bond acceptors (Lipinski definition) is 7. The van der Waals surface area contributed by atoms with Gasteiger partial charge in [0.2, 0.25) is 5.91 Å². The quantitative estimate of drug-likeness (QED) is 0.542. The summed E-state index contributed by atoms with van der Waals surface area (Å²) in [6.45, 7) is 0.500. The lowest BCUT2D eigenvalue weighted by Gasteiger charge is -2.10. The van der Waals surface area contributed by atoms with Crippen molar-refractivity contribution in [1.82, 2.24) is 10.3 Å². The van der Waals surface area contributed by atoms with Crippen LogP contribution in [0.2, 0.25) is 0 Å². The number of ether oxygens (including phenoxy) is 2. The molecule has 9 heteroatoms. The highest BCUT2D eigenvalue weighted by molar-refractivity contribution is 7.14. The normalized spacial score (nSPS) is 10.4. The van der Waals surface area contributed by atoms with E-state index in [1.807, 2.05) is 23.6 Å². The molecule has 0 aliphatic carbocycles. The molecule has 1 aromatic carbocycles. The van der Waals surface area contributed by atoms with E-state index in [0.29, 0.717) is 40.9 Å². The van der Waals surface area contributed by atoms with E-state index in [1.165, 1.54) is 22.7 Å². The first-order valence-electron chi connectivity index (χ1n) is 8.84. The minimum Gasteiger partial charge on any atom is -0.493 e. The van der Waals surface area contributed by atoms with E-state index in [0.717, 1.165) is 5.56 Å². The van der Waals surface area contributed by atoms with E-state index in [-0.39, 0.29) is 18.2 Å². The molecule has 0 unspecified atom stereocenters. The second-order valence-electron chi connectivity index (χ2n) is 6.08. The smallest absolute Gasteiger partial charge is 0.258 e. The molecule has 2 heterocycles. The van der Waals surface area contributed by atoms with Gasteiger partial charge in [-0.05, 0) is 35.6 Å². The van der Waals surface area contributed by atoms with Crippen LogP contribution in [0.3, 0.4) is 0 Å². The SMILES string of the molecule is COc1ccc(CCNC(=O)Cc2csc(NC(=O)c3ccsc3)n2)cc1OC. The number of nitrogens with zero attached hydrogens (tertiary/aromatic N) is 1. The molecule has 152 valence electrons. The molecule has 29 heavy (non-hydrogen) atoms. The fraction of sp³-hybridized carbons (Fsp3) is 0.250. The van der Waals surface area contributed by atoms with Gasteiger partial charge in [-0.15, -0.1) is 11.3 Å². The zero-order valence-electron chi connectivity index (χ0n) is 16.1. The third-order valence-corrected chi connectivity index (χ3v) is 5.57. The summed E-state index contributed by atoms with van der Waals surface area (Å²) >= 11 is 2.76. The Morgan fingerprint density at radius 2 is 1.93 bits per heavy atom. The van der Waals surface area contributed by atoms with Crippen LogP contribution in [-0.4, -0.2) is 37.6 Å². The molecule has 0 spiro atoms. The Balaban J connectivity index is 1.45. The maximum absolute atomic E-state index is 12.2. The second kappa shape index (κ2) is 10.0. The van der Waals surface area contributed by atoms with Crippen molar-refractivity contribution in [3.8, 4) is 11.5 Å². The van der Waals surface area contributed by atoms with Crippen LogP contribution in [0.25, 0.3) is 0 Å². The standard InChI is InChI=1S/C20H21N3O4S2/c1-26-16-4-3-13(9-17(16)27-2)5-7-21-18(24)10-15-12-29-20(22-15)23-19(25)14-6-8-28-11-14/h3-4,6,8-9,11-12H,5,7,10H2,1-2H3,(H,21,24)(H,22,23,25). The fourth-order valence-electron chi connectivity index (χ4n) is 2.62. The maximum Gasteiger partial charge on any atom is 0.258 e. The van der Waals surface area contributed by atoms with Crippen LogP contribution in [0.4, 0.5) is 5.13 Å². The summed E-state index contributed by atoms with van der Waals surface area (Å²) in [7, 11) is 3.18. The molecule has 3 rings (SSSR count). The first-order chi connectivity index (χ1) is 14.1. The first-order valence-corrected chi connectivity index (χ1v) is 10.7. The number of rotatable bonds is 9. The molecule has 0 bridgehead atoms. The van der Waals surface area contributed by atoms with Crippen molar-refractivity contribution in [2.24, 2.45) is 0 Å². The number of thiophene rings is 1. The van der Waals surface area contributed by atoms with Crippen molar-refractivity contribution in [1.29, 1.82) is 0 Å². The summed E-state index contributed by atoms with van der Waals surface area (Å²) in [5.74, 6) is 1.01. The van der Waals surface area contributed by atoms with Gasteiger partial charge in [0.05, 0.1) is 31.9 Å². The number of thiazole rings is 1. The van der Waals surface area contributed by atoms with Crippen molar-refractivity contribution >= 4 is 39.6 Å². The Labute approximate surface area is 176 Å². The first kappa shape index (κ1) is 20.8. The number of benzene rings is 1. The summed E-state index contributed by atoms with van der Waals surface area (Å²) in [5, 5.41) is 11.5. The van der Waals surface area contributed by atoms with Crippen LogP contribution in [-0.2, 0) is 17.6 Å². The van der Waals surface area contributed by atoms with Crippen molar-refractivity contribution in [2.75, 3.05) is 26.1 Å². The maximum atomic E-state index is 12.2. The predicted molar refractivity (Wildman–Crippen MR) is 114 cm³/mol. The summed E-state index contributed by atoms with van der Waals surface area (Å²) in [6, 6.07) is 7.43. The van der Waals surface area contributed by atoms with Gasteiger partial charge < -0.3 is 14.8 Å². The average Bonchev–Trinajstić information content (AvgIpc) is 3.40. The lowest BCUT2D eigenvalue weighted by molar-refractivity contribution is -0.120. The molecule has 0 fully saturated rings. The number of anilines is 1. The van der Waals surface area contributed by atoms with Gasteiger partial charge in [-0.2, -0.15) is 11.3 Å². The molecule has 0 aliphatic heterocycles. The van der Waals surface area contributed by atoms with E-state index in [4.69, 9.17) is 9.47 Å². The van der Waals surface area contributed by atoms with Gasteiger partial charge >= 0.3 is 0 Å². The van der Waals surface area contributed by atoms with Gasteiger partial charge in [0.1, 0.15) is 0 Å². The third kappa shape index (κ3) is 5.78. The number of carbonyl (C=O) groups excluding carboxylic acids is 2. The Hall–Kier alpha value is -2.91. The zero-order valence-corrected chi connectivity index (χ0v) is 17.7. The summed E-state index contributed by atoms with van der Waals surface area (Å²) in [6.07, 6.45) is 0.835. The van der Waals surface area contributed by atoms with Crippen LogP contribution in [0.15, 0.2) is 40.4 Å². The van der Waals surface area contributed by atoms with Crippen LogP contribution >= 0.6 is 22.7 Å². The van der Waals surface area contributed by atoms with Crippen LogP contribution in [0.5, 0.6) is 11.5 Å².